The van der Waals surface area contributed by atoms with Gasteiger partial charge in [-0.1, -0.05) is 6.07 Å². The number of thiophene rings is 1. The van der Waals surface area contributed by atoms with Crippen LogP contribution in [0, 0.1) is 5.82 Å². The smallest absolute Gasteiger partial charge is 0.269 e. The molecule has 2 N–H and O–H groups in total. The van der Waals surface area contributed by atoms with Crippen LogP contribution in [-0.4, -0.2) is 21.1 Å². The summed E-state index contributed by atoms with van der Waals surface area (Å²) in [5.74, 6) is -0.582. The fraction of sp³-hybridized carbons (Fsp3) is 0.0500. The second-order valence-electron chi connectivity index (χ2n) is 5.88. The Bertz CT molecular complexity index is 1060. The van der Waals surface area contributed by atoms with Crippen molar-refractivity contribution in [2.24, 2.45) is 0 Å². The summed E-state index contributed by atoms with van der Waals surface area (Å²) < 4.78 is 13.0. The van der Waals surface area contributed by atoms with Crippen molar-refractivity contribution in [2.75, 3.05) is 0 Å². The number of pyridine rings is 1. The molecule has 0 saturated heterocycles. The van der Waals surface area contributed by atoms with Crippen molar-refractivity contribution in [2.45, 2.75) is 6.54 Å². The predicted octanol–water partition coefficient (Wildman–Crippen LogP) is 4.27. The molecule has 7 heteroatoms. The Kier molecular flexibility index (Phi) is 4.76. The Morgan fingerprint density at radius 2 is 2.00 bits per heavy atom. The molecule has 1 amide bonds. The lowest BCUT2D eigenvalue weighted by atomic mass is 10.1. The van der Waals surface area contributed by atoms with Crippen LogP contribution in [0.5, 0.6) is 0 Å². The highest BCUT2D eigenvalue weighted by molar-refractivity contribution is 7.08. The third-order valence-electron chi connectivity index (χ3n) is 4.09. The minimum atomic E-state index is -0.315. The zero-order valence-corrected chi connectivity index (χ0v) is 15.0. The lowest BCUT2D eigenvalue weighted by molar-refractivity contribution is 0.0946. The minimum absolute atomic E-state index is 0.268. The first-order valence-corrected chi connectivity index (χ1v) is 9.21. The lowest BCUT2D eigenvalue weighted by Crippen LogP contribution is -2.23. The normalized spacial score (nSPS) is 10.7. The molecule has 1 aromatic carbocycles. The average molecular weight is 378 g/mol. The van der Waals surface area contributed by atoms with E-state index in [-0.39, 0.29) is 11.7 Å². The summed E-state index contributed by atoms with van der Waals surface area (Å²) in [5.41, 5.74) is 4.48. The SMILES string of the molecule is O=C(NCc1cccnc1-c1ccsc1)c1cc(-c2ccc(F)cc2)n[nH]1. The van der Waals surface area contributed by atoms with Gasteiger partial charge < -0.3 is 5.32 Å². The van der Waals surface area contributed by atoms with E-state index in [0.29, 0.717) is 17.9 Å². The second kappa shape index (κ2) is 7.51. The molecule has 5 nitrogen and oxygen atoms in total. The molecular weight excluding hydrogens is 363 g/mol. The number of aromatic amines is 1. The largest absolute Gasteiger partial charge is 0.347 e. The summed E-state index contributed by atoms with van der Waals surface area (Å²) in [5, 5.41) is 13.8. The van der Waals surface area contributed by atoms with Crippen LogP contribution in [-0.2, 0) is 6.54 Å². The molecule has 3 aromatic heterocycles. The first-order chi connectivity index (χ1) is 13.2. The van der Waals surface area contributed by atoms with E-state index in [4.69, 9.17) is 0 Å². The highest BCUT2D eigenvalue weighted by Gasteiger charge is 2.13. The van der Waals surface area contributed by atoms with Crippen molar-refractivity contribution >= 4 is 17.2 Å². The Balaban J connectivity index is 1.47. The van der Waals surface area contributed by atoms with Gasteiger partial charge in [-0.2, -0.15) is 16.4 Å². The van der Waals surface area contributed by atoms with E-state index in [2.05, 4.69) is 20.5 Å². The van der Waals surface area contributed by atoms with Gasteiger partial charge in [0, 0.05) is 29.2 Å². The van der Waals surface area contributed by atoms with Gasteiger partial charge in [-0.25, -0.2) is 4.39 Å². The Hall–Kier alpha value is -3.32. The van der Waals surface area contributed by atoms with Crippen molar-refractivity contribution in [3.05, 3.63) is 82.6 Å². The summed E-state index contributed by atoms with van der Waals surface area (Å²) in [6, 6.07) is 13.4. The van der Waals surface area contributed by atoms with E-state index in [0.717, 1.165) is 22.4 Å². The van der Waals surface area contributed by atoms with Crippen LogP contribution in [0.3, 0.4) is 0 Å². The first kappa shape index (κ1) is 17.1. The molecule has 0 atom stereocenters. The van der Waals surface area contributed by atoms with E-state index in [1.165, 1.54) is 12.1 Å². The van der Waals surface area contributed by atoms with Gasteiger partial charge in [0.1, 0.15) is 11.5 Å². The van der Waals surface area contributed by atoms with Gasteiger partial charge in [-0.05, 0) is 53.4 Å². The quantitative estimate of drug-likeness (QED) is 0.545. The Morgan fingerprint density at radius 1 is 1.15 bits per heavy atom. The molecule has 0 aliphatic rings. The number of nitrogens with zero attached hydrogens (tertiary/aromatic N) is 2. The van der Waals surface area contributed by atoms with E-state index in [9.17, 15) is 9.18 Å². The molecule has 0 aliphatic heterocycles. The molecule has 134 valence electrons. The standard InChI is InChI=1S/C20H15FN4OS/c21-16-5-3-13(4-6-16)17-10-18(25-24-17)20(26)23-11-14-2-1-8-22-19(14)15-7-9-27-12-15/h1-10,12H,11H2,(H,23,26)(H,24,25). The summed E-state index contributed by atoms with van der Waals surface area (Å²) in [7, 11) is 0. The number of benzene rings is 1. The van der Waals surface area contributed by atoms with Gasteiger partial charge in [0.2, 0.25) is 0 Å². The monoisotopic (exact) mass is 378 g/mol. The molecule has 0 bridgehead atoms. The van der Waals surface area contributed by atoms with Gasteiger partial charge >= 0.3 is 0 Å². The molecule has 4 rings (SSSR count). The topological polar surface area (TPSA) is 70.7 Å². The zero-order chi connectivity index (χ0) is 18.6. The Labute approximate surface area is 158 Å². The van der Waals surface area contributed by atoms with E-state index < -0.39 is 0 Å². The zero-order valence-electron chi connectivity index (χ0n) is 14.1. The number of carbonyl (C=O) groups excluding carboxylic acids is 1. The van der Waals surface area contributed by atoms with Crippen LogP contribution in [0.1, 0.15) is 16.1 Å². The van der Waals surface area contributed by atoms with Crippen LogP contribution < -0.4 is 5.32 Å². The van der Waals surface area contributed by atoms with Crippen LogP contribution in [0.2, 0.25) is 0 Å². The van der Waals surface area contributed by atoms with Gasteiger partial charge in [0.25, 0.3) is 5.91 Å². The van der Waals surface area contributed by atoms with Crippen LogP contribution in [0.15, 0.2) is 65.5 Å². The van der Waals surface area contributed by atoms with Gasteiger partial charge in [0.05, 0.1) is 11.4 Å². The molecule has 0 spiro atoms. The molecule has 0 radical (unpaired) electrons. The van der Waals surface area contributed by atoms with Gasteiger partial charge in [0.15, 0.2) is 0 Å². The number of rotatable bonds is 5. The molecule has 0 saturated carbocycles. The highest BCUT2D eigenvalue weighted by Crippen LogP contribution is 2.23. The van der Waals surface area contributed by atoms with Crippen LogP contribution >= 0.6 is 11.3 Å². The predicted molar refractivity (Wildman–Crippen MR) is 103 cm³/mol. The maximum absolute atomic E-state index is 13.0. The van der Waals surface area contributed by atoms with E-state index >= 15 is 0 Å². The minimum Gasteiger partial charge on any atom is -0.347 e. The fourth-order valence-electron chi connectivity index (χ4n) is 2.72. The number of hydrogen-bond donors (Lipinski definition) is 2. The molecule has 0 unspecified atom stereocenters. The number of aromatic nitrogens is 3. The van der Waals surface area contributed by atoms with Crippen molar-refractivity contribution < 1.29 is 9.18 Å². The lowest BCUT2D eigenvalue weighted by Gasteiger charge is -2.08. The van der Waals surface area contributed by atoms with Crippen molar-refractivity contribution in [1.29, 1.82) is 0 Å². The molecular formula is C20H15FN4OS. The van der Waals surface area contributed by atoms with Crippen molar-refractivity contribution in [3.63, 3.8) is 0 Å². The number of hydrogen-bond acceptors (Lipinski definition) is 4. The number of carbonyl (C=O) groups is 1. The highest BCUT2D eigenvalue weighted by atomic mass is 32.1. The number of amides is 1. The molecule has 0 aliphatic carbocycles. The third-order valence-corrected chi connectivity index (χ3v) is 4.77. The molecule has 27 heavy (non-hydrogen) atoms. The third kappa shape index (κ3) is 3.78. The average Bonchev–Trinajstić information content (AvgIpc) is 3.39. The maximum Gasteiger partial charge on any atom is 0.269 e. The number of H-pyrrole nitrogens is 1. The number of nitrogens with one attached hydrogen (secondary N) is 2. The first-order valence-electron chi connectivity index (χ1n) is 8.27. The van der Waals surface area contributed by atoms with Gasteiger partial charge in [-0.15, -0.1) is 0 Å². The molecule has 4 aromatic rings. The van der Waals surface area contributed by atoms with E-state index in [1.807, 2.05) is 29.0 Å². The summed E-state index contributed by atoms with van der Waals surface area (Å²) in [6.45, 7) is 0.350. The molecule has 0 fully saturated rings. The summed E-state index contributed by atoms with van der Waals surface area (Å²) >= 11 is 1.60. The summed E-state index contributed by atoms with van der Waals surface area (Å²) in [6.07, 6.45) is 1.74. The fourth-order valence-corrected chi connectivity index (χ4v) is 3.36. The Morgan fingerprint density at radius 3 is 2.78 bits per heavy atom. The number of halogens is 1. The van der Waals surface area contributed by atoms with Crippen molar-refractivity contribution in [3.8, 4) is 22.5 Å². The van der Waals surface area contributed by atoms with E-state index in [1.54, 1.807) is 35.7 Å². The van der Waals surface area contributed by atoms with Crippen LogP contribution in [0.25, 0.3) is 22.5 Å². The maximum atomic E-state index is 13.0. The van der Waals surface area contributed by atoms with Crippen LogP contribution in [0.4, 0.5) is 4.39 Å². The second-order valence-corrected chi connectivity index (χ2v) is 6.66. The summed E-state index contributed by atoms with van der Waals surface area (Å²) in [4.78, 5) is 16.9. The van der Waals surface area contributed by atoms with Crippen molar-refractivity contribution in [1.82, 2.24) is 20.5 Å². The van der Waals surface area contributed by atoms with Gasteiger partial charge in [-0.3, -0.25) is 14.9 Å². The molecule has 3 heterocycles.